The van der Waals surface area contributed by atoms with Gasteiger partial charge in [0.25, 0.3) is 0 Å². The molecule has 11 nitrogen and oxygen atoms in total. The van der Waals surface area contributed by atoms with Gasteiger partial charge in [-0.2, -0.15) is 0 Å². The van der Waals surface area contributed by atoms with Gasteiger partial charge in [0.05, 0.1) is 24.4 Å². The van der Waals surface area contributed by atoms with Gasteiger partial charge in [-0.3, -0.25) is 9.59 Å². The number of rotatable bonds is 11. The third kappa shape index (κ3) is 6.44. The predicted molar refractivity (Wildman–Crippen MR) is 132 cm³/mol. The number of benzene rings is 2. The molecule has 0 spiro atoms. The minimum Gasteiger partial charge on any atom is -0.508 e. The highest BCUT2D eigenvalue weighted by atomic mass is 16.5. The summed E-state index contributed by atoms with van der Waals surface area (Å²) in [7, 11) is 0. The van der Waals surface area contributed by atoms with Gasteiger partial charge in [0.15, 0.2) is 5.82 Å². The Bertz CT molecular complexity index is 1210. The summed E-state index contributed by atoms with van der Waals surface area (Å²) >= 11 is 0. The summed E-state index contributed by atoms with van der Waals surface area (Å²) in [5.41, 5.74) is 1.49. The van der Waals surface area contributed by atoms with Crippen LogP contribution in [-0.4, -0.2) is 61.6 Å². The van der Waals surface area contributed by atoms with E-state index in [2.05, 4.69) is 20.8 Å². The van der Waals surface area contributed by atoms with E-state index in [1.54, 1.807) is 37.3 Å². The molecule has 0 fully saturated rings. The van der Waals surface area contributed by atoms with Crippen molar-refractivity contribution in [3.05, 3.63) is 42.0 Å². The highest BCUT2D eigenvalue weighted by Gasteiger charge is 2.20. The van der Waals surface area contributed by atoms with E-state index >= 15 is 0 Å². The predicted octanol–water partition coefficient (Wildman–Crippen LogP) is 2.59. The molecule has 192 valence electrons. The molecular formula is C25H31N5O6. The van der Waals surface area contributed by atoms with Gasteiger partial charge >= 0.3 is 6.01 Å². The number of ether oxygens (including phenoxy) is 1. The van der Waals surface area contributed by atoms with Gasteiger partial charge in [0.1, 0.15) is 17.2 Å². The first-order chi connectivity index (χ1) is 17.2. The second-order valence-corrected chi connectivity index (χ2v) is 8.42. The van der Waals surface area contributed by atoms with E-state index in [0.29, 0.717) is 48.6 Å². The summed E-state index contributed by atoms with van der Waals surface area (Å²) in [5.74, 6) is 0.155. The molecule has 11 heteroatoms. The Morgan fingerprint density at radius 3 is 2.39 bits per heavy atom. The fourth-order valence-corrected chi connectivity index (χ4v) is 3.47. The monoisotopic (exact) mass is 497 g/mol. The SMILES string of the molecule is CCC(=O)NCC(=O)NCCCOc1ccc(-n2c(O)nnc2-c2cc(C(C)C)c(O)cc2O)cc1. The highest BCUT2D eigenvalue weighted by molar-refractivity contribution is 5.84. The number of carbonyl (C=O) groups excluding carboxylic acids is 2. The second-order valence-electron chi connectivity index (χ2n) is 8.42. The molecule has 3 rings (SSSR count). The van der Waals surface area contributed by atoms with Crippen molar-refractivity contribution < 1.29 is 29.6 Å². The Morgan fingerprint density at radius 1 is 1.00 bits per heavy atom. The van der Waals surface area contributed by atoms with Crippen LogP contribution in [-0.2, 0) is 9.59 Å². The fourth-order valence-electron chi connectivity index (χ4n) is 3.47. The first kappa shape index (κ1) is 26.3. The number of phenols is 2. The lowest BCUT2D eigenvalue weighted by Crippen LogP contribution is -2.37. The average molecular weight is 498 g/mol. The van der Waals surface area contributed by atoms with Crippen LogP contribution in [0.1, 0.15) is 45.1 Å². The van der Waals surface area contributed by atoms with Crippen molar-refractivity contribution in [2.75, 3.05) is 19.7 Å². The number of phenolic OH excluding ortho intramolecular Hbond substituents is 2. The van der Waals surface area contributed by atoms with Crippen molar-refractivity contribution in [2.24, 2.45) is 0 Å². The Kier molecular flexibility index (Phi) is 8.71. The molecule has 0 unspecified atom stereocenters. The Hall–Kier alpha value is -4.28. The van der Waals surface area contributed by atoms with E-state index in [0.717, 1.165) is 0 Å². The van der Waals surface area contributed by atoms with E-state index in [4.69, 9.17) is 4.74 Å². The molecule has 0 aliphatic heterocycles. The number of aromatic hydroxyl groups is 3. The van der Waals surface area contributed by atoms with Gasteiger partial charge in [0, 0.05) is 19.0 Å². The number of carbonyl (C=O) groups is 2. The normalized spacial score (nSPS) is 10.9. The van der Waals surface area contributed by atoms with Gasteiger partial charge in [-0.05, 0) is 48.2 Å². The van der Waals surface area contributed by atoms with Crippen LogP contribution < -0.4 is 15.4 Å². The molecule has 0 aliphatic rings. The van der Waals surface area contributed by atoms with Gasteiger partial charge in [-0.15, -0.1) is 5.10 Å². The van der Waals surface area contributed by atoms with Crippen LogP contribution in [0.25, 0.3) is 17.1 Å². The van der Waals surface area contributed by atoms with Crippen molar-refractivity contribution in [3.63, 3.8) is 0 Å². The van der Waals surface area contributed by atoms with Crippen LogP contribution in [0.3, 0.4) is 0 Å². The molecule has 0 aliphatic carbocycles. The lowest BCUT2D eigenvalue weighted by atomic mass is 9.98. The number of hydrogen-bond acceptors (Lipinski definition) is 8. The zero-order valence-electron chi connectivity index (χ0n) is 20.5. The van der Waals surface area contributed by atoms with Crippen molar-refractivity contribution in [2.45, 2.75) is 39.5 Å². The first-order valence-corrected chi connectivity index (χ1v) is 11.7. The van der Waals surface area contributed by atoms with E-state index in [-0.39, 0.29) is 47.6 Å². The lowest BCUT2D eigenvalue weighted by molar-refractivity contribution is -0.125. The second kappa shape index (κ2) is 11.9. The Labute approximate surface area is 208 Å². The molecule has 0 radical (unpaired) electrons. The van der Waals surface area contributed by atoms with Crippen molar-refractivity contribution in [1.82, 2.24) is 25.4 Å². The van der Waals surface area contributed by atoms with Crippen LogP contribution >= 0.6 is 0 Å². The van der Waals surface area contributed by atoms with Gasteiger partial charge in [-0.1, -0.05) is 25.9 Å². The molecule has 2 amide bonds. The van der Waals surface area contributed by atoms with E-state index in [9.17, 15) is 24.9 Å². The summed E-state index contributed by atoms with van der Waals surface area (Å²) < 4.78 is 7.09. The largest absolute Gasteiger partial charge is 0.508 e. The summed E-state index contributed by atoms with van der Waals surface area (Å²) in [5, 5.41) is 43.9. The van der Waals surface area contributed by atoms with E-state index in [1.807, 2.05) is 13.8 Å². The molecule has 2 aromatic carbocycles. The van der Waals surface area contributed by atoms with Crippen LogP contribution in [0.5, 0.6) is 23.3 Å². The lowest BCUT2D eigenvalue weighted by Gasteiger charge is -2.14. The summed E-state index contributed by atoms with van der Waals surface area (Å²) in [6.07, 6.45) is 0.903. The quantitative estimate of drug-likeness (QED) is 0.253. The number of nitrogens with zero attached hydrogens (tertiary/aromatic N) is 3. The molecule has 0 bridgehead atoms. The topological polar surface area (TPSA) is 159 Å². The van der Waals surface area contributed by atoms with Crippen LogP contribution in [0.4, 0.5) is 0 Å². The summed E-state index contributed by atoms with van der Waals surface area (Å²) in [4.78, 5) is 22.8. The van der Waals surface area contributed by atoms with Gasteiger partial charge in [0.2, 0.25) is 11.8 Å². The minimum atomic E-state index is -0.358. The van der Waals surface area contributed by atoms with Crippen LogP contribution in [0.15, 0.2) is 36.4 Å². The molecule has 1 aromatic heterocycles. The summed E-state index contributed by atoms with van der Waals surface area (Å²) in [6, 6.07) is 9.37. The van der Waals surface area contributed by atoms with Crippen LogP contribution in [0.2, 0.25) is 0 Å². The Balaban J connectivity index is 1.62. The Morgan fingerprint density at radius 2 is 1.72 bits per heavy atom. The zero-order chi connectivity index (χ0) is 26.2. The van der Waals surface area contributed by atoms with Crippen molar-refractivity contribution in [3.8, 4) is 40.3 Å². The van der Waals surface area contributed by atoms with E-state index < -0.39 is 0 Å². The molecule has 3 aromatic rings. The van der Waals surface area contributed by atoms with Gasteiger partial charge in [-0.25, -0.2) is 4.57 Å². The fraction of sp³-hybridized carbons (Fsp3) is 0.360. The maximum absolute atomic E-state index is 11.7. The molecule has 0 atom stereocenters. The standard InChI is InChI=1S/C25H31N5O6/c1-4-22(33)27-14-23(34)26-10-5-11-36-17-8-6-16(7-9-17)30-24(28-29-25(30)35)19-12-18(15(2)3)20(31)13-21(19)32/h6-9,12-13,15,31-32H,4-5,10-11,14H2,1-3H3,(H,26,34)(H,27,33)(H,29,35). The molecule has 0 saturated carbocycles. The van der Waals surface area contributed by atoms with Crippen LogP contribution in [0, 0.1) is 0 Å². The summed E-state index contributed by atoms with van der Waals surface area (Å²) in [6.45, 7) is 6.27. The number of nitrogens with one attached hydrogen (secondary N) is 2. The maximum Gasteiger partial charge on any atom is 0.319 e. The minimum absolute atomic E-state index is 0.000923. The zero-order valence-corrected chi connectivity index (χ0v) is 20.5. The molecular weight excluding hydrogens is 466 g/mol. The number of hydrogen-bond donors (Lipinski definition) is 5. The van der Waals surface area contributed by atoms with Crippen molar-refractivity contribution >= 4 is 11.8 Å². The number of amides is 2. The highest BCUT2D eigenvalue weighted by Crippen LogP contribution is 2.38. The smallest absolute Gasteiger partial charge is 0.319 e. The first-order valence-electron chi connectivity index (χ1n) is 11.7. The molecule has 1 heterocycles. The third-order valence-corrected chi connectivity index (χ3v) is 5.43. The van der Waals surface area contributed by atoms with Gasteiger partial charge < -0.3 is 30.7 Å². The molecule has 36 heavy (non-hydrogen) atoms. The molecule has 5 N–H and O–H groups in total. The third-order valence-electron chi connectivity index (χ3n) is 5.43. The number of aromatic nitrogens is 3. The van der Waals surface area contributed by atoms with E-state index in [1.165, 1.54) is 10.6 Å². The maximum atomic E-state index is 11.7. The molecule has 0 saturated heterocycles. The average Bonchev–Trinajstić information content (AvgIpc) is 3.23. The van der Waals surface area contributed by atoms with Crippen molar-refractivity contribution in [1.29, 1.82) is 0 Å².